The average Bonchev–Trinajstić information content (AvgIpc) is 2.52. The lowest BCUT2D eigenvalue weighted by molar-refractivity contribution is -0.132. The number of piperidine rings is 1. The SMILES string of the molecule is CCC1CCCCN1C(=O)CSc1nc(C)cc(C)c1C#N. The number of nitriles is 1. The minimum atomic E-state index is 0.168. The number of likely N-dealkylation sites (tertiary alicyclic amines) is 1. The molecule has 1 aromatic heterocycles. The average molecular weight is 317 g/mol. The predicted molar refractivity (Wildman–Crippen MR) is 88.8 cm³/mol. The van der Waals surface area contributed by atoms with E-state index in [1.165, 1.54) is 18.2 Å². The van der Waals surface area contributed by atoms with Crippen molar-refractivity contribution in [3.8, 4) is 6.07 Å². The summed E-state index contributed by atoms with van der Waals surface area (Å²) in [6.45, 7) is 6.83. The van der Waals surface area contributed by atoms with Crippen LogP contribution in [-0.4, -0.2) is 34.1 Å². The zero-order valence-electron chi connectivity index (χ0n) is 13.6. The first kappa shape index (κ1) is 16.8. The second-order valence-corrected chi connectivity index (χ2v) is 6.77. The number of rotatable bonds is 4. The third-order valence-corrected chi connectivity index (χ3v) is 5.13. The Kier molecular flexibility index (Phi) is 5.84. The van der Waals surface area contributed by atoms with E-state index in [0.29, 0.717) is 22.4 Å². The fourth-order valence-corrected chi connectivity index (χ4v) is 3.99. The van der Waals surface area contributed by atoms with Crippen molar-refractivity contribution in [3.63, 3.8) is 0 Å². The third kappa shape index (κ3) is 3.80. The maximum absolute atomic E-state index is 12.5. The van der Waals surface area contributed by atoms with Gasteiger partial charge in [0.05, 0.1) is 11.3 Å². The van der Waals surface area contributed by atoms with Gasteiger partial charge in [-0.05, 0) is 51.2 Å². The van der Waals surface area contributed by atoms with Crippen molar-refractivity contribution in [2.45, 2.75) is 57.5 Å². The van der Waals surface area contributed by atoms with Crippen LogP contribution in [0.3, 0.4) is 0 Å². The Morgan fingerprint density at radius 1 is 1.50 bits per heavy atom. The lowest BCUT2D eigenvalue weighted by Gasteiger charge is -2.35. The molecule has 2 heterocycles. The molecular weight excluding hydrogens is 294 g/mol. The minimum absolute atomic E-state index is 0.168. The lowest BCUT2D eigenvalue weighted by atomic mass is 10.0. The van der Waals surface area contributed by atoms with E-state index in [4.69, 9.17) is 0 Å². The molecule has 4 nitrogen and oxygen atoms in total. The summed E-state index contributed by atoms with van der Waals surface area (Å²) in [5.74, 6) is 0.530. The van der Waals surface area contributed by atoms with E-state index in [1.807, 2.05) is 24.8 Å². The highest BCUT2D eigenvalue weighted by molar-refractivity contribution is 8.00. The van der Waals surface area contributed by atoms with E-state index in [-0.39, 0.29) is 5.91 Å². The van der Waals surface area contributed by atoms with Gasteiger partial charge in [0.1, 0.15) is 11.1 Å². The number of aryl methyl sites for hydroxylation is 2. The molecule has 1 aromatic rings. The van der Waals surface area contributed by atoms with Gasteiger partial charge in [-0.1, -0.05) is 18.7 Å². The molecule has 2 rings (SSSR count). The molecule has 0 saturated carbocycles. The number of thioether (sulfide) groups is 1. The number of pyridine rings is 1. The molecule has 5 heteroatoms. The van der Waals surface area contributed by atoms with E-state index >= 15 is 0 Å². The van der Waals surface area contributed by atoms with Gasteiger partial charge in [-0.2, -0.15) is 5.26 Å². The number of amides is 1. The summed E-state index contributed by atoms with van der Waals surface area (Å²) in [4.78, 5) is 19.0. The Balaban J connectivity index is 2.07. The van der Waals surface area contributed by atoms with Gasteiger partial charge in [-0.15, -0.1) is 0 Å². The normalized spacial score (nSPS) is 18.1. The molecule has 0 N–H and O–H groups in total. The van der Waals surface area contributed by atoms with E-state index < -0.39 is 0 Å². The van der Waals surface area contributed by atoms with Gasteiger partial charge in [0, 0.05) is 18.3 Å². The first-order chi connectivity index (χ1) is 10.6. The summed E-state index contributed by atoms with van der Waals surface area (Å²) in [6, 6.07) is 4.49. The third-order valence-electron chi connectivity index (χ3n) is 4.17. The fraction of sp³-hybridized carbons (Fsp3) is 0.588. The number of hydrogen-bond acceptors (Lipinski definition) is 4. The van der Waals surface area contributed by atoms with Crippen molar-refractivity contribution in [1.82, 2.24) is 9.88 Å². The second kappa shape index (κ2) is 7.64. The van der Waals surface area contributed by atoms with Crippen LogP contribution in [0.4, 0.5) is 0 Å². The largest absolute Gasteiger partial charge is 0.339 e. The number of hydrogen-bond donors (Lipinski definition) is 0. The summed E-state index contributed by atoms with van der Waals surface area (Å²) < 4.78 is 0. The van der Waals surface area contributed by atoms with E-state index in [1.54, 1.807) is 0 Å². The van der Waals surface area contributed by atoms with E-state index in [2.05, 4.69) is 18.0 Å². The molecule has 1 unspecified atom stereocenters. The van der Waals surface area contributed by atoms with Crippen LogP contribution < -0.4 is 0 Å². The van der Waals surface area contributed by atoms with Gasteiger partial charge in [0.2, 0.25) is 5.91 Å². The van der Waals surface area contributed by atoms with Gasteiger partial charge in [-0.3, -0.25) is 4.79 Å². The molecule has 0 aliphatic carbocycles. The Labute approximate surface area is 136 Å². The van der Waals surface area contributed by atoms with Crippen molar-refractivity contribution in [2.75, 3.05) is 12.3 Å². The smallest absolute Gasteiger partial charge is 0.233 e. The molecule has 118 valence electrons. The number of nitrogens with zero attached hydrogens (tertiary/aromatic N) is 3. The molecule has 1 saturated heterocycles. The standard InChI is InChI=1S/C17H23N3OS/c1-4-14-7-5-6-8-20(14)16(21)11-22-17-15(10-18)12(2)9-13(3)19-17/h9,14H,4-8,11H2,1-3H3. The Hall–Kier alpha value is -1.54. The highest BCUT2D eigenvalue weighted by atomic mass is 32.2. The van der Waals surface area contributed by atoms with Crippen molar-refractivity contribution in [1.29, 1.82) is 5.26 Å². The number of aromatic nitrogens is 1. The van der Waals surface area contributed by atoms with Gasteiger partial charge >= 0.3 is 0 Å². The first-order valence-corrected chi connectivity index (χ1v) is 8.86. The highest BCUT2D eigenvalue weighted by Crippen LogP contribution is 2.26. The van der Waals surface area contributed by atoms with Crippen LogP contribution >= 0.6 is 11.8 Å². The monoisotopic (exact) mass is 317 g/mol. The molecule has 0 bridgehead atoms. The first-order valence-electron chi connectivity index (χ1n) is 7.87. The Morgan fingerprint density at radius 3 is 2.95 bits per heavy atom. The highest BCUT2D eigenvalue weighted by Gasteiger charge is 2.25. The minimum Gasteiger partial charge on any atom is -0.339 e. The van der Waals surface area contributed by atoms with Crippen LogP contribution in [0.5, 0.6) is 0 Å². The van der Waals surface area contributed by atoms with Crippen molar-refractivity contribution >= 4 is 17.7 Å². The quantitative estimate of drug-likeness (QED) is 0.798. The van der Waals surface area contributed by atoms with Crippen molar-refractivity contribution in [3.05, 3.63) is 22.9 Å². The van der Waals surface area contributed by atoms with Crippen LogP contribution in [0.25, 0.3) is 0 Å². The lowest BCUT2D eigenvalue weighted by Crippen LogP contribution is -2.44. The molecule has 1 aliphatic rings. The summed E-state index contributed by atoms with van der Waals surface area (Å²) in [7, 11) is 0. The summed E-state index contributed by atoms with van der Waals surface area (Å²) in [5, 5.41) is 9.96. The van der Waals surface area contributed by atoms with Crippen LogP contribution in [0.15, 0.2) is 11.1 Å². The summed E-state index contributed by atoms with van der Waals surface area (Å²) in [5.41, 5.74) is 2.40. The van der Waals surface area contributed by atoms with Crippen LogP contribution in [-0.2, 0) is 4.79 Å². The predicted octanol–water partition coefficient (Wildman–Crippen LogP) is 3.45. The molecule has 1 fully saturated rings. The Bertz CT molecular complexity index is 594. The zero-order chi connectivity index (χ0) is 16.1. The number of carbonyl (C=O) groups is 1. The summed E-state index contributed by atoms with van der Waals surface area (Å²) >= 11 is 1.39. The van der Waals surface area contributed by atoms with Crippen LogP contribution in [0.2, 0.25) is 0 Å². The molecule has 1 atom stereocenters. The van der Waals surface area contributed by atoms with Crippen molar-refractivity contribution in [2.24, 2.45) is 0 Å². The topological polar surface area (TPSA) is 57.0 Å². The number of carbonyl (C=O) groups excluding carboxylic acids is 1. The van der Waals surface area contributed by atoms with E-state index in [9.17, 15) is 10.1 Å². The molecule has 22 heavy (non-hydrogen) atoms. The van der Waals surface area contributed by atoms with Crippen LogP contribution in [0, 0.1) is 25.2 Å². The second-order valence-electron chi connectivity index (χ2n) is 5.81. The van der Waals surface area contributed by atoms with E-state index in [0.717, 1.165) is 37.1 Å². The molecule has 0 radical (unpaired) electrons. The van der Waals surface area contributed by atoms with Gasteiger partial charge in [0.25, 0.3) is 0 Å². The van der Waals surface area contributed by atoms with Crippen LogP contribution in [0.1, 0.15) is 49.4 Å². The maximum Gasteiger partial charge on any atom is 0.233 e. The van der Waals surface area contributed by atoms with Gasteiger partial charge in [0.15, 0.2) is 0 Å². The molecule has 1 amide bonds. The van der Waals surface area contributed by atoms with Gasteiger partial charge < -0.3 is 4.90 Å². The van der Waals surface area contributed by atoms with Gasteiger partial charge in [-0.25, -0.2) is 4.98 Å². The summed E-state index contributed by atoms with van der Waals surface area (Å²) in [6.07, 6.45) is 4.44. The zero-order valence-corrected chi connectivity index (χ0v) is 14.4. The molecular formula is C17H23N3OS. The van der Waals surface area contributed by atoms with Crippen molar-refractivity contribution < 1.29 is 4.79 Å². The Morgan fingerprint density at radius 2 is 2.27 bits per heavy atom. The molecule has 1 aliphatic heterocycles. The molecule has 0 spiro atoms. The maximum atomic E-state index is 12.5. The fourth-order valence-electron chi connectivity index (χ4n) is 3.01. The molecule has 0 aromatic carbocycles.